The summed E-state index contributed by atoms with van der Waals surface area (Å²) in [6.45, 7) is 2.70. The second-order valence-corrected chi connectivity index (χ2v) is 8.41. The molecule has 0 aliphatic carbocycles. The minimum absolute atomic E-state index is 0.0743. The molecule has 1 aliphatic heterocycles. The molecule has 3 aromatic rings. The lowest BCUT2D eigenvalue weighted by atomic mass is 10.1. The van der Waals surface area contributed by atoms with E-state index in [1.54, 1.807) is 48.4 Å². The molecular formula is C26H26ClN3O4. The summed E-state index contributed by atoms with van der Waals surface area (Å²) in [5, 5.41) is 6.12. The van der Waals surface area contributed by atoms with Crippen molar-refractivity contribution < 1.29 is 19.1 Å². The van der Waals surface area contributed by atoms with Crippen LogP contribution in [0.3, 0.4) is 0 Å². The minimum Gasteiger partial charge on any atom is -0.497 e. The highest BCUT2D eigenvalue weighted by Crippen LogP contribution is 2.30. The van der Waals surface area contributed by atoms with Crippen molar-refractivity contribution in [1.29, 1.82) is 0 Å². The largest absolute Gasteiger partial charge is 0.497 e. The Morgan fingerprint density at radius 2 is 1.85 bits per heavy atom. The first-order valence-corrected chi connectivity index (χ1v) is 11.4. The van der Waals surface area contributed by atoms with Crippen LogP contribution in [0.25, 0.3) is 0 Å². The number of halogens is 1. The molecule has 3 aromatic carbocycles. The van der Waals surface area contributed by atoms with Crippen molar-refractivity contribution in [2.45, 2.75) is 32.5 Å². The van der Waals surface area contributed by atoms with Crippen LogP contribution in [-0.2, 0) is 17.9 Å². The maximum atomic E-state index is 13.2. The second kappa shape index (κ2) is 10.5. The number of methoxy groups -OCH3 is 1. The van der Waals surface area contributed by atoms with Gasteiger partial charge in [-0.25, -0.2) is 4.79 Å². The Balaban J connectivity index is 1.53. The fraction of sp³-hybridized carbons (Fsp3) is 0.231. The van der Waals surface area contributed by atoms with E-state index in [1.807, 2.05) is 37.3 Å². The lowest BCUT2D eigenvalue weighted by Gasteiger charge is -2.23. The van der Waals surface area contributed by atoms with Crippen molar-refractivity contribution in [3.05, 3.63) is 82.9 Å². The highest BCUT2D eigenvalue weighted by atomic mass is 35.5. The molecule has 34 heavy (non-hydrogen) atoms. The Kier molecular flexibility index (Phi) is 7.23. The SMILES string of the molecule is CC[C@H]1Oc2ccc(NC(=O)Nc3cccc(Cl)c3)cc2CN(Cc2cccc(OC)c2)C1=O. The number of hydrogen-bond donors (Lipinski definition) is 2. The van der Waals surface area contributed by atoms with Crippen LogP contribution in [0.5, 0.6) is 11.5 Å². The summed E-state index contributed by atoms with van der Waals surface area (Å²) in [7, 11) is 1.62. The van der Waals surface area contributed by atoms with E-state index >= 15 is 0 Å². The third-order valence-corrected chi connectivity index (χ3v) is 5.73. The van der Waals surface area contributed by atoms with Gasteiger partial charge in [0.15, 0.2) is 6.10 Å². The van der Waals surface area contributed by atoms with Gasteiger partial charge in [0.1, 0.15) is 11.5 Å². The second-order valence-electron chi connectivity index (χ2n) is 7.97. The summed E-state index contributed by atoms with van der Waals surface area (Å²) in [6.07, 6.45) is -0.0219. The fourth-order valence-corrected chi connectivity index (χ4v) is 4.02. The molecule has 1 atom stereocenters. The zero-order chi connectivity index (χ0) is 24.1. The topological polar surface area (TPSA) is 79.9 Å². The number of carbonyl (C=O) groups excluding carboxylic acids is 2. The maximum Gasteiger partial charge on any atom is 0.323 e. The van der Waals surface area contributed by atoms with Gasteiger partial charge in [-0.05, 0) is 60.5 Å². The summed E-state index contributed by atoms with van der Waals surface area (Å²) < 4.78 is 11.4. The lowest BCUT2D eigenvalue weighted by Crippen LogP contribution is -2.38. The molecule has 0 fully saturated rings. The van der Waals surface area contributed by atoms with Gasteiger partial charge in [-0.15, -0.1) is 0 Å². The van der Waals surface area contributed by atoms with Crippen molar-refractivity contribution in [2.75, 3.05) is 17.7 Å². The van der Waals surface area contributed by atoms with Crippen molar-refractivity contribution in [3.63, 3.8) is 0 Å². The van der Waals surface area contributed by atoms with Crippen molar-refractivity contribution >= 4 is 34.9 Å². The molecule has 176 valence electrons. The molecule has 0 saturated carbocycles. The Labute approximate surface area is 203 Å². The first-order chi connectivity index (χ1) is 16.4. The molecule has 4 rings (SSSR count). The van der Waals surface area contributed by atoms with E-state index in [0.717, 1.165) is 16.9 Å². The summed E-state index contributed by atoms with van der Waals surface area (Å²) in [5.41, 5.74) is 2.95. The Hall–Kier alpha value is -3.71. The summed E-state index contributed by atoms with van der Waals surface area (Å²) in [6, 6.07) is 19.5. The third kappa shape index (κ3) is 5.61. The summed E-state index contributed by atoms with van der Waals surface area (Å²) in [5.74, 6) is 1.30. The average Bonchev–Trinajstić information content (AvgIpc) is 2.95. The number of rotatable bonds is 6. The van der Waals surface area contributed by atoms with Gasteiger partial charge in [-0.2, -0.15) is 0 Å². The van der Waals surface area contributed by atoms with Crippen LogP contribution in [0.15, 0.2) is 66.7 Å². The lowest BCUT2D eigenvalue weighted by molar-refractivity contribution is -0.139. The molecule has 0 aromatic heterocycles. The molecule has 0 spiro atoms. The van der Waals surface area contributed by atoms with E-state index < -0.39 is 12.1 Å². The summed E-state index contributed by atoms with van der Waals surface area (Å²) >= 11 is 5.98. The number of ether oxygens (including phenoxy) is 2. The van der Waals surface area contributed by atoms with E-state index in [2.05, 4.69) is 10.6 Å². The molecule has 2 N–H and O–H groups in total. The van der Waals surface area contributed by atoms with Gasteiger partial charge < -0.3 is 25.0 Å². The van der Waals surface area contributed by atoms with Crippen LogP contribution in [0.2, 0.25) is 5.02 Å². The zero-order valence-electron chi connectivity index (χ0n) is 19.0. The molecule has 1 aliphatic rings. The van der Waals surface area contributed by atoms with Crippen LogP contribution in [0.4, 0.5) is 16.2 Å². The van der Waals surface area contributed by atoms with Gasteiger partial charge >= 0.3 is 6.03 Å². The standard InChI is InChI=1S/C26H26ClN3O4/c1-3-23-25(31)30(15-17-6-4-9-22(12-17)33-2)16-18-13-21(10-11-24(18)34-23)29-26(32)28-20-8-5-7-19(27)14-20/h4-14,23H,3,15-16H2,1-2H3,(H2,28,29,32)/t23-/m1/s1. The van der Waals surface area contributed by atoms with Gasteiger partial charge in [0.25, 0.3) is 5.91 Å². The van der Waals surface area contributed by atoms with Gasteiger partial charge in [0, 0.05) is 35.1 Å². The van der Waals surface area contributed by atoms with Crippen molar-refractivity contribution in [2.24, 2.45) is 0 Å². The number of anilines is 2. The number of urea groups is 1. The van der Waals surface area contributed by atoms with E-state index in [4.69, 9.17) is 21.1 Å². The van der Waals surface area contributed by atoms with Gasteiger partial charge in [-0.1, -0.05) is 36.7 Å². The number of nitrogens with one attached hydrogen (secondary N) is 2. The smallest absolute Gasteiger partial charge is 0.323 e. The minimum atomic E-state index is -0.572. The quantitative estimate of drug-likeness (QED) is 0.475. The van der Waals surface area contributed by atoms with E-state index in [-0.39, 0.29) is 5.91 Å². The number of benzene rings is 3. The normalized spacial score (nSPS) is 15.1. The molecule has 7 nitrogen and oxygen atoms in total. The number of fused-ring (bicyclic) bond motifs is 1. The molecular weight excluding hydrogens is 454 g/mol. The highest BCUT2D eigenvalue weighted by Gasteiger charge is 2.30. The highest BCUT2D eigenvalue weighted by molar-refractivity contribution is 6.30. The van der Waals surface area contributed by atoms with Crippen LogP contribution in [0.1, 0.15) is 24.5 Å². The molecule has 8 heteroatoms. The number of amides is 3. The van der Waals surface area contributed by atoms with E-state index in [1.165, 1.54) is 0 Å². The first-order valence-electron chi connectivity index (χ1n) is 11.0. The van der Waals surface area contributed by atoms with Crippen molar-refractivity contribution in [3.8, 4) is 11.5 Å². The predicted octanol–water partition coefficient (Wildman–Crippen LogP) is 5.69. The average molecular weight is 480 g/mol. The van der Waals surface area contributed by atoms with Crippen LogP contribution in [0, 0.1) is 0 Å². The van der Waals surface area contributed by atoms with E-state index in [9.17, 15) is 9.59 Å². The fourth-order valence-electron chi connectivity index (χ4n) is 3.83. The summed E-state index contributed by atoms with van der Waals surface area (Å²) in [4.78, 5) is 27.4. The number of hydrogen-bond acceptors (Lipinski definition) is 4. The molecule has 0 radical (unpaired) electrons. The Morgan fingerprint density at radius 1 is 1.09 bits per heavy atom. The first kappa shape index (κ1) is 23.4. The monoisotopic (exact) mass is 479 g/mol. The maximum absolute atomic E-state index is 13.2. The molecule has 0 unspecified atom stereocenters. The number of nitrogens with zero attached hydrogens (tertiary/aromatic N) is 1. The zero-order valence-corrected chi connectivity index (χ0v) is 19.8. The Morgan fingerprint density at radius 3 is 2.59 bits per heavy atom. The van der Waals surface area contributed by atoms with Gasteiger partial charge in [0.05, 0.1) is 7.11 Å². The van der Waals surface area contributed by atoms with Crippen LogP contribution < -0.4 is 20.1 Å². The molecule has 1 heterocycles. The van der Waals surface area contributed by atoms with E-state index in [0.29, 0.717) is 41.7 Å². The Bertz CT molecular complexity index is 1200. The van der Waals surface area contributed by atoms with Gasteiger partial charge in [-0.3, -0.25) is 4.79 Å². The third-order valence-electron chi connectivity index (χ3n) is 5.50. The van der Waals surface area contributed by atoms with Crippen LogP contribution in [-0.4, -0.2) is 30.1 Å². The molecule has 0 saturated heterocycles. The molecule has 0 bridgehead atoms. The van der Waals surface area contributed by atoms with Crippen LogP contribution >= 0.6 is 11.6 Å². The predicted molar refractivity (Wildman–Crippen MR) is 132 cm³/mol. The van der Waals surface area contributed by atoms with Crippen molar-refractivity contribution in [1.82, 2.24) is 4.90 Å². The number of carbonyl (C=O) groups is 2. The van der Waals surface area contributed by atoms with Gasteiger partial charge in [0.2, 0.25) is 0 Å². The molecule has 3 amide bonds.